The van der Waals surface area contributed by atoms with Gasteiger partial charge in [0.2, 0.25) is 0 Å². The molecule has 2 atom stereocenters. The molecule has 0 fully saturated rings. The first-order chi connectivity index (χ1) is 23.4. The van der Waals surface area contributed by atoms with Crippen LogP contribution in [0.1, 0.15) is 188 Å². The Morgan fingerprint density at radius 1 is 0.583 bits per heavy atom. The molecule has 1 N–H and O–H groups in total. The zero-order valence-corrected chi connectivity index (χ0v) is 32.3. The summed E-state index contributed by atoms with van der Waals surface area (Å²) in [4.78, 5) is 22.4. The van der Waals surface area contributed by atoms with Gasteiger partial charge in [0.1, 0.15) is 6.61 Å². The van der Waals surface area contributed by atoms with Gasteiger partial charge in [-0.1, -0.05) is 148 Å². The number of carbonyl (C=O) groups excluding carboxylic acids is 1. The number of allylic oxidation sites excluding steroid dienone is 5. The molecule has 0 saturated carbocycles. The van der Waals surface area contributed by atoms with Crippen molar-refractivity contribution in [3.05, 3.63) is 36.6 Å². The fourth-order valence-electron chi connectivity index (χ4n) is 5.27. The molecule has 0 heterocycles. The molecular formula is C40H75O7P. The molecule has 0 amide bonds. The summed E-state index contributed by atoms with van der Waals surface area (Å²) in [5.41, 5.74) is 0. The van der Waals surface area contributed by atoms with Gasteiger partial charge in [-0.3, -0.25) is 13.8 Å². The van der Waals surface area contributed by atoms with Gasteiger partial charge in [-0.15, -0.1) is 0 Å². The predicted molar refractivity (Wildman–Crippen MR) is 202 cm³/mol. The molecule has 0 bridgehead atoms. The number of esters is 1. The number of phosphoric acid groups is 1. The van der Waals surface area contributed by atoms with Crippen LogP contribution in [0.4, 0.5) is 0 Å². The van der Waals surface area contributed by atoms with Crippen LogP contribution in [0.2, 0.25) is 0 Å². The average Bonchev–Trinajstić information content (AvgIpc) is 3.07. The molecule has 282 valence electrons. The summed E-state index contributed by atoms with van der Waals surface area (Å²) in [5.74, 6) is -0.347. The van der Waals surface area contributed by atoms with E-state index in [1.54, 1.807) is 6.26 Å². The van der Waals surface area contributed by atoms with Crippen molar-refractivity contribution in [2.75, 3.05) is 19.8 Å². The number of hydrogen-bond donors (Lipinski definition) is 1. The lowest BCUT2D eigenvalue weighted by atomic mass is 10.0. The van der Waals surface area contributed by atoms with Gasteiger partial charge in [-0.25, -0.2) is 4.57 Å². The lowest BCUT2D eigenvalue weighted by molar-refractivity contribution is -0.153. The zero-order chi connectivity index (χ0) is 35.2. The van der Waals surface area contributed by atoms with Gasteiger partial charge in [-0.2, -0.15) is 0 Å². The number of hydrogen-bond acceptors (Lipinski definition) is 6. The maximum absolute atomic E-state index is 12.5. The molecular weight excluding hydrogens is 623 g/mol. The van der Waals surface area contributed by atoms with Crippen molar-refractivity contribution in [1.82, 2.24) is 0 Å². The molecule has 0 aromatic heterocycles. The molecule has 0 aromatic rings. The van der Waals surface area contributed by atoms with Crippen LogP contribution in [-0.4, -0.2) is 36.8 Å². The molecule has 0 spiro atoms. The molecule has 1 unspecified atom stereocenters. The van der Waals surface area contributed by atoms with Crippen molar-refractivity contribution in [3.63, 3.8) is 0 Å². The lowest BCUT2D eigenvalue weighted by Crippen LogP contribution is -2.27. The van der Waals surface area contributed by atoms with Gasteiger partial charge >= 0.3 is 13.8 Å². The second kappa shape index (κ2) is 36.9. The quantitative estimate of drug-likeness (QED) is 0.0227. The van der Waals surface area contributed by atoms with Gasteiger partial charge < -0.3 is 14.4 Å². The Morgan fingerprint density at radius 3 is 1.62 bits per heavy atom. The van der Waals surface area contributed by atoms with E-state index >= 15 is 0 Å². The van der Waals surface area contributed by atoms with Crippen LogP contribution in [0.25, 0.3) is 0 Å². The Morgan fingerprint density at radius 2 is 1.06 bits per heavy atom. The molecule has 0 rings (SSSR count). The molecule has 0 aliphatic rings. The second-order valence-corrected chi connectivity index (χ2v) is 14.5. The third-order valence-corrected chi connectivity index (χ3v) is 9.19. The van der Waals surface area contributed by atoms with E-state index in [1.165, 1.54) is 96.3 Å². The largest absolute Gasteiger partial charge is 0.498 e. The van der Waals surface area contributed by atoms with Crippen molar-refractivity contribution in [3.8, 4) is 0 Å². The fourth-order valence-corrected chi connectivity index (χ4v) is 6.11. The molecule has 0 aliphatic carbocycles. The van der Waals surface area contributed by atoms with Crippen LogP contribution in [0.15, 0.2) is 36.6 Å². The van der Waals surface area contributed by atoms with Crippen LogP contribution in [0.5, 0.6) is 0 Å². The Kier molecular flexibility index (Phi) is 35.8. The number of ether oxygens (including phenoxy) is 2. The highest BCUT2D eigenvalue weighted by atomic mass is 31.2. The third kappa shape index (κ3) is 35.9. The summed E-state index contributed by atoms with van der Waals surface area (Å²) < 4.78 is 33.3. The smallest absolute Gasteiger partial charge is 0.472 e. The number of unbranched alkanes of at least 4 members (excludes halogenated alkanes) is 20. The monoisotopic (exact) mass is 699 g/mol. The summed E-state index contributed by atoms with van der Waals surface area (Å²) in [5, 5.41) is 0. The molecule has 8 heteroatoms. The standard InChI is InChI=1S/C40H75O7P/c1-4-7-9-11-13-15-17-19-21-22-24-26-28-30-32-34-40(41)47-39(38-46-48(42,43)45-35-6-3)37-44-36-33-31-29-27-25-23-20-18-16-14-12-10-8-5-2/h13,15,19,21,33,36,39H,4-12,14,16-18,20,22-32,34-35,37-38H2,1-3H3,(H,42,43)/b15-13-,21-19-,36-33-/t39-/m1/s1. The van der Waals surface area contributed by atoms with E-state index in [2.05, 4.69) is 38.2 Å². The fraction of sp³-hybridized carbons (Fsp3) is 0.825. The topological polar surface area (TPSA) is 91.3 Å². The SMILES string of the molecule is CCCCC/C=C\C/C=C\CCCCCCCC(=O)O[C@H](CO/C=C\CCCCCCCCCCCCCC)COP(=O)(O)OCCC. The summed E-state index contributed by atoms with van der Waals surface area (Å²) in [6, 6.07) is 0. The van der Waals surface area contributed by atoms with E-state index in [-0.39, 0.29) is 25.8 Å². The zero-order valence-electron chi connectivity index (χ0n) is 31.4. The van der Waals surface area contributed by atoms with E-state index in [4.69, 9.17) is 18.5 Å². The minimum Gasteiger partial charge on any atom is -0.498 e. The summed E-state index contributed by atoms with van der Waals surface area (Å²) in [6.07, 6.45) is 41.9. The number of carbonyl (C=O) groups is 1. The van der Waals surface area contributed by atoms with Crippen LogP contribution >= 0.6 is 7.82 Å². The molecule has 0 radical (unpaired) electrons. The van der Waals surface area contributed by atoms with E-state index in [1.807, 2.05) is 13.0 Å². The Hall–Kier alpha value is -1.40. The van der Waals surface area contributed by atoms with Gasteiger partial charge in [0.05, 0.1) is 19.5 Å². The maximum Gasteiger partial charge on any atom is 0.472 e. The third-order valence-electron chi connectivity index (χ3n) is 8.21. The second-order valence-electron chi connectivity index (χ2n) is 13.1. The van der Waals surface area contributed by atoms with E-state index in [9.17, 15) is 14.3 Å². The number of phosphoric ester groups is 1. The normalized spacial score (nSPS) is 13.9. The van der Waals surface area contributed by atoms with Gasteiger partial charge in [-0.05, 0) is 63.9 Å². The lowest BCUT2D eigenvalue weighted by Gasteiger charge is -2.19. The van der Waals surface area contributed by atoms with Crippen LogP contribution in [-0.2, 0) is 27.9 Å². The Balaban J connectivity index is 4.16. The molecule has 0 aromatic carbocycles. The van der Waals surface area contributed by atoms with Gasteiger partial charge in [0.25, 0.3) is 0 Å². The molecule has 7 nitrogen and oxygen atoms in total. The van der Waals surface area contributed by atoms with E-state index in [0.29, 0.717) is 12.8 Å². The number of rotatable bonds is 37. The van der Waals surface area contributed by atoms with Crippen molar-refractivity contribution < 1.29 is 32.8 Å². The summed E-state index contributed by atoms with van der Waals surface area (Å²) >= 11 is 0. The predicted octanol–water partition coefficient (Wildman–Crippen LogP) is 12.9. The van der Waals surface area contributed by atoms with Crippen molar-refractivity contribution in [2.24, 2.45) is 0 Å². The first kappa shape index (κ1) is 46.6. The van der Waals surface area contributed by atoms with Crippen LogP contribution in [0.3, 0.4) is 0 Å². The highest BCUT2D eigenvalue weighted by Gasteiger charge is 2.25. The minimum absolute atomic E-state index is 0.0522. The highest BCUT2D eigenvalue weighted by Crippen LogP contribution is 2.43. The highest BCUT2D eigenvalue weighted by molar-refractivity contribution is 7.47. The van der Waals surface area contributed by atoms with E-state index in [0.717, 1.165) is 57.8 Å². The first-order valence-electron chi connectivity index (χ1n) is 19.8. The van der Waals surface area contributed by atoms with Crippen molar-refractivity contribution in [2.45, 2.75) is 194 Å². The maximum atomic E-state index is 12.5. The Labute approximate surface area is 296 Å². The van der Waals surface area contributed by atoms with Crippen molar-refractivity contribution in [1.29, 1.82) is 0 Å². The summed E-state index contributed by atoms with van der Waals surface area (Å²) in [7, 11) is -4.21. The van der Waals surface area contributed by atoms with Gasteiger partial charge in [0.15, 0.2) is 6.10 Å². The summed E-state index contributed by atoms with van der Waals surface area (Å²) in [6.45, 7) is 6.24. The Bertz CT molecular complexity index is 826. The molecule has 48 heavy (non-hydrogen) atoms. The van der Waals surface area contributed by atoms with Crippen LogP contribution < -0.4 is 0 Å². The molecule has 0 aliphatic heterocycles. The van der Waals surface area contributed by atoms with Crippen molar-refractivity contribution >= 4 is 13.8 Å². The minimum atomic E-state index is -4.21. The van der Waals surface area contributed by atoms with Crippen LogP contribution in [0, 0.1) is 0 Å². The first-order valence-corrected chi connectivity index (χ1v) is 21.3. The average molecular weight is 699 g/mol. The molecule has 0 saturated heterocycles. The van der Waals surface area contributed by atoms with Gasteiger partial charge in [0, 0.05) is 6.42 Å². The van der Waals surface area contributed by atoms with E-state index < -0.39 is 13.9 Å².